The standard InChI is InChI=1S/C15H19ClF2N2O3S/c16-12-1-2-13(17)14(18)15(12)24(21,22)20-6-4-19(5-7-20)9-11-3-8-23-10-11/h1-2,11H,3-10H2/t11-/m0/s1. The molecule has 5 nitrogen and oxygen atoms in total. The average Bonchev–Trinajstić information content (AvgIpc) is 3.05. The van der Waals surface area contributed by atoms with Crippen LogP contribution in [0.5, 0.6) is 0 Å². The molecule has 0 radical (unpaired) electrons. The third-order valence-corrected chi connectivity index (χ3v) is 6.86. The summed E-state index contributed by atoms with van der Waals surface area (Å²) >= 11 is 5.81. The molecule has 2 aliphatic rings. The molecule has 0 saturated carbocycles. The highest BCUT2D eigenvalue weighted by Gasteiger charge is 2.34. The van der Waals surface area contributed by atoms with Crippen molar-refractivity contribution in [2.24, 2.45) is 5.92 Å². The zero-order valence-electron chi connectivity index (χ0n) is 13.1. The highest BCUT2D eigenvalue weighted by molar-refractivity contribution is 7.89. The molecule has 0 bridgehead atoms. The minimum absolute atomic E-state index is 0.224. The number of piperazine rings is 1. The first-order valence-electron chi connectivity index (χ1n) is 7.83. The van der Waals surface area contributed by atoms with Gasteiger partial charge in [-0.05, 0) is 24.5 Å². The molecular weight excluding hydrogens is 362 g/mol. The quantitative estimate of drug-likeness (QED) is 0.749. The first-order valence-corrected chi connectivity index (χ1v) is 9.65. The van der Waals surface area contributed by atoms with Gasteiger partial charge in [0.05, 0.1) is 11.6 Å². The molecule has 0 aliphatic carbocycles. The Labute approximate surface area is 145 Å². The van der Waals surface area contributed by atoms with Gasteiger partial charge in [-0.3, -0.25) is 0 Å². The minimum Gasteiger partial charge on any atom is -0.381 e. The van der Waals surface area contributed by atoms with Crippen molar-refractivity contribution >= 4 is 21.6 Å². The zero-order valence-corrected chi connectivity index (χ0v) is 14.6. The van der Waals surface area contributed by atoms with E-state index in [0.717, 1.165) is 38.3 Å². The van der Waals surface area contributed by atoms with Gasteiger partial charge in [-0.25, -0.2) is 17.2 Å². The topological polar surface area (TPSA) is 49.9 Å². The summed E-state index contributed by atoms with van der Waals surface area (Å²) in [5.74, 6) is -2.17. The van der Waals surface area contributed by atoms with Crippen molar-refractivity contribution in [1.82, 2.24) is 9.21 Å². The second-order valence-electron chi connectivity index (χ2n) is 6.11. The summed E-state index contributed by atoms with van der Waals surface area (Å²) in [4.78, 5) is 1.40. The molecule has 2 saturated heterocycles. The maximum Gasteiger partial charge on any atom is 0.247 e. The third kappa shape index (κ3) is 3.57. The van der Waals surface area contributed by atoms with Crippen LogP contribution in [0.25, 0.3) is 0 Å². The fourth-order valence-electron chi connectivity index (χ4n) is 3.12. The Balaban J connectivity index is 1.70. The van der Waals surface area contributed by atoms with Crippen molar-refractivity contribution in [3.8, 4) is 0 Å². The molecule has 0 amide bonds. The lowest BCUT2D eigenvalue weighted by atomic mass is 10.1. The molecule has 2 heterocycles. The number of halogens is 3. The van der Waals surface area contributed by atoms with E-state index in [1.807, 2.05) is 0 Å². The fraction of sp³-hybridized carbons (Fsp3) is 0.600. The SMILES string of the molecule is O=S(=O)(c1c(Cl)ccc(F)c1F)N1CCN(C[C@@H]2CCOC2)CC1. The average molecular weight is 381 g/mol. The molecular formula is C15H19ClF2N2O3S. The second-order valence-corrected chi connectivity index (χ2v) is 8.39. The Morgan fingerprint density at radius 3 is 2.54 bits per heavy atom. The second kappa shape index (κ2) is 7.21. The van der Waals surface area contributed by atoms with Gasteiger partial charge in [-0.15, -0.1) is 0 Å². The highest BCUT2D eigenvalue weighted by Crippen LogP contribution is 2.29. The number of sulfonamides is 1. The lowest BCUT2D eigenvalue weighted by Crippen LogP contribution is -2.49. The van der Waals surface area contributed by atoms with Gasteiger partial charge in [0, 0.05) is 39.3 Å². The fourth-order valence-corrected chi connectivity index (χ4v) is 5.10. The number of ether oxygens (including phenoxy) is 1. The van der Waals surface area contributed by atoms with E-state index in [4.69, 9.17) is 16.3 Å². The molecule has 1 aromatic rings. The van der Waals surface area contributed by atoms with E-state index in [-0.39, 0.29) is 18.1 Å². The van der Waals surface area contributed by atoms with Crippen molar-refractivity contribution in [2.45, 2.75) is 11.3 Å². The normalized spacial score (nSPS) is 23.7. The first-order chi connectivity index (χ1) is 11.4. The largest absolute Gasteiger partial charge is 0.381 e. The van der Waals surface area contributed by atoms with Crippen LogP contribution in [0.1, 0.15) is 6.42 Å². The maximum atomic E-state index is 14.0. The summed E-state index contributed by atoms with van der Waals surface area (Å²) in [5, 5.41) is -0.306. The molecule has 0 N–H and O–H groups in total. The van der Waals surface area contributed by atoms with Gasteiger partial charge in [0.15, 0.2) is 11.6 Å². The molecule has 0 unspecified atom stereocenters. The van der Waals surface area contributed by atoms with Crippen molar-refractivity contribution in [2.75, 3.05) is 45.9 Å². The van der Waals surface area contributed by atoms with Gasteiger partial charge in [0.2, 0.25) is 10.0 Å². The first kappa shape index (κ1) is 18.0. The smallest absolute Gasteiger partial charge is 0.247 e. The van der Waals surface area contributed by atoms with E-state index in [2.05, 4.69) is 4.90 Å². The lowest BCUT2D eigenvalue weighted by Gasteiger charge is -2.35. The van der Waals surface area contributed by atoms with Crippen LogP contribution in [0.2, 0.25) is 5.02 Å². The van der Waals surface area contributed by atoms with Crippen molar-refractivity contribution in [3.63, 3.8) is 0 Å². The van der Waals surface area contributed by atoms with Gasteiger partial charge in [-0.1, -0.05) is 11.6 Å². The molecule has 2 aliphatic heterocycles. The van der Waals surface area contributed by atoms with E-state index in [1.54, 1.807) is 0 Å². The molecule has 134 valence electrons. The van der Waals surface area contributed by atoms with Crippen molar-refractivity contribution in [1.29, 1.82) is 0 Å². The van der Waals surface area contributed by atoms with Crippen LogP contribution in [0.3, 0.4) is 0 Å². The van der Waals surface area contributed by atoms with Crippen LogP contribution in [0.4, 0.5) is 8.78 Å². The van der Waals surface area contributed by atoms with E-state index in [0.29, 0.717) is 19.0 Å². The van der Waals surface area contributed by atoms with Crippen LogP contribution < -0.4 is 0 Å². The molecule has 24 heavy (non-hydrogen) atoms. The van der Waals surface area contributed by atoms with Gasteiger partial charge in [0.1, 0.15) is 4.90 Å². The molecule has 0 spiro atoms. The zero-order chi connectivity index (χ0) is 17.3. The van der Waals surface area contributed by atoms with Crippen LogP contribution in [0, 0.1) is 17.6 Å². The number of hydrogen-bond donors (Lipinski definition) is 0. The molecule has 3 rings (SSSR count). The van der Waals surface area contributed by atoms with Crippen LogP contribution >= 0.6 is 11.6 Å². The molecule has 0 aromatic heterocycles. The number of benzene rings is 1. The van der Waals surface area contributed by atoms with Gasteiger partial charge >= 0.3 is 0 Å². The Bertz CT molecular complexity index is 703. The summed E-state index contributed by atoms with van der Waals surface area (Å²) in [7, 11) is -4.16. The Morgan fingerprint density at radius 1 is 1.21 bits per heavy atom. The van der Waals surface area contributed by atoms with E-state index in [9.17, 15) is 17.2 Å². The van der Waals surface area contributed by atoms with E-state index >= 15 is 0 Å². The summed E-state index contributed by atoms with van der Waals surface area (Å²) in [6.45, 7) is 3.92. The number of hydrogen-bond acceptors (Lipinski definition) is 4. The van der Waals surface area contributed by atoms with Crippen LogP contribution in [-0.4, -0.2) is 63.6 Å². The predicted octanol–water partition coefficient (Wildman–Crippen LogP) is 1.96. The van der Waals surface area contributed by atoms with Gasteiger partial charge < -0.3 is 9.64 Å². The van der Waals surface area contributed by atoms with Gasteiger partial charge in [0.25, 0.3) is 0 Å². The maximum absolute atomic E-state index is 14.0. The molecule has 9 heteroatoms. The highest BCUT2D eigenvalue weighted by atomic mass is 35.5. The Kier molecular flexibility index (Phi) is 5.41. The lowest BCUT2D eigenvalue weighted by molar-refractivity contribution is 0.143. The molecule has 1 aromatic carbocycles. The summed E-state index contributed by atoms with van der Waals surface area (Å²) in [6.07, 6.45) is 1.02. The Hall–Kier alpha value is -0.800. The molecule has 1 atom stereocenters. The van der Waals surface area contributed by atoms with E-state index < -0.39 is 26.6 Å². The number of rotatable bonds is 4. The summed E-state index contributed by atoms with van der Waals surface area (Å²) < 4.78 is 59.1. The van der Waals surface area contributed by atoms with E-state index in [1.165, 1.54) is 4.31 Å². The van der Waals surface area contributed by atoms with Crippen LogP contribution in [-0.2, 0) is 14.8 Å². The monoisotopic (exact) mass is 380 g/mol. The van der Waals surface area contributed by atoms with Crippen molar-refractivity contribution in [3.05, 3.63) is 28.8 Å². The Morgan fingerprint density at radius 2 is 1.92 bits per heavy atom. The van der Waals surface area contributed by atoms with Crippen LogP contribution in [0.15, 0.2) is 17.0 Å². The predicted molar refractivity (Wildman–Crippen MR) is 85.5 cm³/mol. The number of nitrogens with zero attached hydrogens (tertiary/aromatic N) is 2. The van der Waals surface area contributed by atoms with Gasteiger partial charge in [-0.2, -0.15) is 4.31 Å². The molecule has 2 fully saturated rings. The summed E-state index contributed by atoms with van der Waals surface area (Å²) in [6, 6.07) is 1.88. The summed E-state index contributed by atoms with van der Waals surface area (Å²) in [5.41, 5.74) is 0. The van der Waals surface area contributed by atoms with Crippen molar-refractivity contribution < 1.29 is 21.9 Å². The minimum atomic E-state index is -4.16. The third-order valence-electron chi connectivity index (χ3n) is 4.47.